The molecule has 5 rings (SSSR count). The highest BCUT2D eigenvalue weighted by Crippen LogP contribution is 2.35. The molecule has 0 N–H and O–H groups in total. The molecule has 184 valence electrons. The average Bonchev–Trinajstić information content (AvgIpc) is 3.46. The molecular weight excluding hydrogens is 522 g/mol. The van der Waals surface area contributed by atoms with Gasteiger partial charge in [0.15, 0.2) is 0 Å². The second kappa shape index (κ2) is 11.2. The first-order chi connectivity index (χ1) is 18.0. The van der Waals surface area contributed by atoms with Crippen molar-refractivity contribution in [2.45, 2.75) is 6.61 Å². The average molecular weight is 544 g/mol. The number of carbonyl (C=O) groups excluding carboxylic acids is 1. The minimum absolute atomic E-state index is 0.131. The molecule has 3 aromatic carbocycles. The number of thioether (sulfide) groups is 1. The Morgan fingerprint density at radius 3 is 2.59 bits per heavy atom. The molecule has 0 aliphatic carbocycles. The third-order valence-electron chi connectivity index (χ3n) is 5.66. The number of para-hydroxylation sites is 1. The van der Waals surface area contributed by atoms with Gasteiger partial charge in [-0.3, -0.25) is 9.69 Å². The summed E-state index contributed by atoms with van der Waals surface area (Å²) in [7, 11) is 0. The molecule has 1 saturated heterocycles. The van der Waals surface area contributed by atoms with Crippen molar-refractivity contribution in [2.24, 2.45) is 0 Å². The van der Waals surface area contributed by atoms with Gasteiger partial charge in [-0.25, -0.2) is 4.68 Å². The first-order valence-corrected chi connectivity index (χ1v) is 13.1. The van der Waals surface area contributed by atoms with E-state index in [1.165, 1.54) is 11.8 Å². The van der Waals surface area contributed by atoms with E-state index in [1.54, 1.807) is 11.0 Å². The third-order valence-corrected chi connectivity index (χ3v) is 7.29. The summed E-state index contributed by atoms with van der Waals surface area (Å²) in [5.41, 5.74) is 4.34. The summed E-state index contributed by atoms with van der Waals surface area (Å²) in [6.45, 7) is 4.52. The maximum atomic E-state index is 13.0. The monoisotopic (exact) mass is 543 g/mol. The van der Waals surface area contributed by atoms with Gasteiger partial charge in [0.05, 0.1) is 10.6 Å². The molecule has 4 aromatic rings. The molecule has 1 amide bonds. The van der Waals surface area contributed by atoms with Gasteiger partial charge in [-0.2, -0.15) is 5.10 Å². The van der Waals surface area contributed by atoms with E-state index in [4.69, 9.17) is 33.7 Å². The number of amides is 1. The number of benzene rings is 3. The minimum Gasteiger partial charge on any atom is -0.489 e. The van der Waals surface area contributed by atoms with Crippen LogP contribution in [-0.4, -0.2) is 31.5 Å². The number of hydrogen-bond donors (Lipinski definition) is 0. The van der Waals surface area contributed by atoms with Crippen LogP contribution in [0.5, 0.6) is 5.75 Å². The quantitative estimate of drug-likeness (QED) is 0.134. The topological polar surface area (TPSA) is 47.4 Å². The number of thiocarbonyl (C=S) groups is 1. The van der Waals surface area contributed by atoms with Crippen LogP contribution < -0.4 is 4.74 Å². The maximum Gasteiger partial charge on any atom is 0.266 e. The van der Waals surface area contributed by atoms with Gasteiger partial charge in [0.2, 0.25) is 0 Å². The first-order valence-electron chi connectivity index (χ1n) is 11.5. The summed E-state index contributed by atoms with van der Waals surface area (Å²) in [6, 6.07) is 25.2. The van der Waals surface area contributed by atoms with E-state index < -0.39 is 0 Å². The van der Waals surface area contributed by atoms with Crippen LogP contribution in [0.1, 0.15) is 11.1 Å². The van der Waals surface area contributed by atoms with Crippen molar-refractivity contribution in [1.29, 1.82) is 0 Å². The molecule has 5 nitrogen and oxygen atoms in total. The Kier molecular flexibility index (Phi) is 7.55. The van der Waals surface area contributed by atoms with E-state index in [2.05, 4.69) is 6.58 Å². The third kappa shape index (κ3) is 5.69. The number of ether oxygens (including phenoxy) is 1. The lowest BCUT2D eigenvalue weighted by Gasteiger charge is -2.10. The summed E-state index contributed by atoms with van der Waals surface area (Å²) in [4.78, 5) is 15.1. The van der Waals surface area contributed by atoms with Crippen molar-refractivity contribution in [2.75, 3.05) is 6.54 Å². The summed E-state index contributed by atoms with van der Waals surface area (Å²) in [6.07, 6.45) is 5.44. The summed E-state index contributed by atoms with van der Waals surface area (Å²) in [5.74, 6) is 0.582. The zero-order valence-corrected chi connectivity index (χ0v) is 22.1. The SMILES string of the molecule is C=CCN1C(=O)/C(=C/c2cn(-c3ccccc3)nc2-c2cccc(OCc3ccc(Cl)cc3)c2)SC1=S. The van der Waals surface area contributed by atoms with Crippen LogP contribution in [0.2, 0.25) is 5.02 Å². The fourth-order valence-electron chi connectivity index (χ4n) is 3.84. The van der Waals surface area contributed by atoms with Crippen molar-refractivity contribution < 1.29 is 9.53 Å². The molecule has 1 aromatic heterocycles. The van der Waals surface area contributed by atoms with Crippen LogP contribution in [0.15, 0.2) is 103 Å². The highest BCUT2D eigenvalue weighted by atomic mass is 35.5. The predicted molar refractivity (Wildman–Crippen MR) is 155 cm³/mol. The van der Waals surface area contributed by atoms with Crippen molar-refractivity contribution in [3.05, 3.63) is 119 Å². The Morgan fingerprint density at radius 2 is 1.84 bits per heavy atom. The predicted octanol–water partition coefficient (Wildman–Crippen LogP) is 7.16. The molecule has 1 fully saturated rings. The van der Waals surface area contributed by atoms with Crippen LogP contribution >= 0.6 is 35.6 Å². The summed E-state index contributed by atoms with van der Waals surface area (Å²) >= 11 is 12.7. The molecule has 8 heteroatoms. The van der Waals surface area contributed by atoms with Crippen molar-refractivity contribution in [3.63, 3.8) is 0 Å². The van der Waals surface area contributed by atoms with Gasteiger partial charge in [-0.15, -0.1) is 6.58 Å². The lowest BCUT2D eigenvalue weighted by molar-refractivity contribution is -0.121. The first kappa shape index (κ1) is 25.0. The molecule has 0 spiro atoms. The highest BCUT2D eigenvalue weighted by Gasteiger charge is 2.31. The van der Waals surface area contributed by atoms with Crippen LogP contribution in [0, 0.1) is 0 Å². The number of nitrogens with zero attached hydrogens (tertiary/aromatic N) is 3. The molecule has 0 saturated carbocycles. The molecular formula is C29H22ClN3O2S2. The molecule has 1 aliphatic rings. The minimum atomic E-state index is -0.131. The van der Waals surface area contributed by atoms with E-state index in [-0.39, 0.29) is 5.91 Å². The Morgan fingerprint density at radius 1 is 1.05 bits per heavy atom. The fraction of sp³-hybridized carbons (Fsp3) is 0.0690. The lowest BCUT2D eigenvalue weighted by atomic mass is 10.1. The molecule has 0 bridgehead atoms. The number of rotatable bonds is 8. The number of aromatic nitrogens is 2. The van der Waals surface area contributed by atoms with E-state index in [9.17, 15) is 4.79 Å². The van der Waals surface area contributed by atoms with E-state index in [1.807, 2.05) is 95.8 Å². The molecule has 0 radical (unpaired) electrons. The van der Waals surface area contributed by atoms with Gasteiger partial charge in [0, 0.05) is 28.9 Å². The van der Waals surface area contributed by atoms with Crippen molar-refractivity contribution in [1.82, 2.24) is 14.7 Å². The van der Waals surface area contributed by atoms with Crippen LogP contribution in [0.3, 0.4) is 0 Å². The Bertz CT molecular complexity index is 1500. The molecule has 0 unspecified atom stereocenters. The molecule has 1 aliphatic heterocycles. The number of hydrogen-bond acceptors (Lipinski definition) is 5. The lowest BCUT2D eigenvalue weighted by Crippen LogP contribution is -2.27. The van der Waals surface area contributed by atoms with Gasteiger partial charge in [0.25, 0.3) is 5.91 Å². The Labute approximate surface area is 230 Å². The zero-order valence-electron chi connectivity index (χ0n) is 19.7. The summed E-state index contributed by atoms with van der Waals surface area (Å²) in [5, 5.41) is 5.57. The maximum absolute atomic E-state index is 13.0. The van der Waals surface area contributed by atoms with Crippen LogP contribution in [0.25, 0.3) is 23.0 Å². The second-order valence-corrected chi connectivity index (χ2v) is 10.3. The van der Waals surface area contributed by atoms with Gasteiger partial charge in [-0.05, 0) is 48.0 Å². The zero-order chi connectivity index (χ0) is 25.8. The largest absolute Gasteiger partial charge is 0.489 e. The van der Waals surface area contributed by atoms with Crippen LogP contribution in [0.4, 0.5) is 0 Å². The van der Waals surface area contributed by atoms with E-state index in [0.717, 1.165) is 28.1 Å². The van der Waals surface area contributed by atoms with Crippen molar-refractivity contribution in [3.8, 4) is 22.7 Å². The molecule has 37 heavy (non-hydrogen) atoms. The summed E-state index contributed by atoms with van der Waals surface area (Å²) < 4.78 is 8.38. The van der Waals surface area contributed by atoms with Crippen molar-refractivity contribution >= 4 is 51.9 Å². The van der Waals surface area contributed by atoms with Gasteiger partial charge < -0.3 is 4.74 Å². The fourth-order valence-corrected chi connectivity index (χ4v) is 5.23. The smallest absolute Gasteiger partial charge is 0.266 e. The molecule has 0 atom stereocenters. The standard InChI is InChI=1S/C29H22ClN3O2S2/c1-2-15-32-28(34)26(37-29(32)36)17-22-18-33(24-8-4-3-5-9-24)31-27(22)21-7-6-10-25(16-21)35-19-20-11-13-23(30)14-12-20/h2-14,16-18H,1,15,19H2/b26-17-. The molecule has 2 heterocycles. The second-order valence-electron chi connectivity index (χ2n) is 8.24. The highest BCUT2D eigenvalue weighted by molar-refractivity contribution is 8.26. The van der Waals surface area contributed by atoms with Gasteiger partial charge >= 0.3 is 0 Å². The van der Waals surface area contributed by atoms with Gasteiger partial charge in [-0.1, -0.05) is 84.1 Å². The Balaban J connectivity index is 1.50. The van der Waals surface area contributed by atoms with Gasteiger partial charge in [0.1, 0.15) is 22.4 Å². The number of carbonyl (C=O) groups is 1. The normalized spacial score (nSPS) is 14.4. The van der Waals surface area contributed by atoms with Crippen LogP contribution in [-0.2, 0) is 11.4 Å². The number of halogens is 1. The van der Waals surface area contributed by atoms with E-state index in [0.29, 0.717) is 33.1 Å². The van der Waals surface area contributed by atoms with E-state index >= 15 is 0 Å². The Hall–Kier alpha value is -3.65.